The predicted molar refractivity (Wildman–Crippen MR) is 72.7 cm³/mol. The zero-order valence-corrected chi connectivity index (χ0v) is 9.97. The molecule has 0 bridgehead atoms. The Labute approximate surface area is 105 Å². The number of nitrogens with two attached hydrogens (primary N) is 1. The number of pyridine rings is 1. The number of nitrogen functional groups attached to an aromatic ring is 1. The van der Waals surface area contributed by atoms with Crippen molar-refractivity contribution >= 4 is 28.8 Å². The molecule has 5 nitrogen and oxygen atoms in total. The van der Waals surface area contributed by atoms with Gasteiger partial charge in [0.1, 0.15) is 5.82 Å². The Morgan fingerprint density at radius 3 is 2.44 bits per heavy atom. The number of nitrogens with one attached hydrogen (secondary N) is 2. The Balaban J connectivity index is 2.08. The minimum atomic E-state index is -0.0896. The van der Waals surface area contributed by atoms with Crippen molar-refractivity contribution in [3.05, 3.63) is 42.6 Å². The lowest BCUT2D eigenvalue weighted by molar-refractivity contribution is -0.114. The van der Waals surface area contributed by atoms with Gasteiger partial charge in [-0.2, -0.15) is 0 Å². The maximum Gasteiger partial charge on any atom is 0.221 e. The van der Waals surface area contributed by atoms with Crippen LogP contribution in [0.1, 0.15) is 6.92 Å². The predicted octanol–water partition coefficient (Wildman–Crippen LogP) is 2.37. The third-order valence-electron chi connectivity index (χ3n) is 2.26. The average Bonchev–Trinajstić information content (AvgIpc) is 2.31. The number of benzene rings is 1. The number of hydrogen-bond donors (Lipinski definition) is 3. The molecule has 0 radical (unpaired) electrons. The first-order valence-electron chi connectivity index (χ1n) is 5.50. The number of carbonyl (C=O) groups excluding carboxylic acids is 1. The van der Waals surface area contributed by atoms with Gasteiger partial charge in [-0.3, -0.25) is 4.79 Å². The van der Waals surface area contributed by atoms with Gasteiger partial charge in [0.25, 0.3) is 0 Å². The van der Waals surface area contributed by atoms with Crippen LogP contribution in [0.25, 0.3) is 0 Å². The van der Waals surface area contributed by atoms with E-state index in [-0.39, 0.29) is 5.91 Å². The second kappa shape index (κ2) is 5.18. The molecule has 4 N–H and O–H groups in total. The number of amides is 1. The van der Waals surface area contributed by atoms with Gasteiger partial charge in [0.05, 0.1) is 0 Å². The first-order chi connectivity index (χ1) is 8.63. The largest absolute Gasteiger partial charge is 0.399 e. The van der Waals surface area contributed by atoms with Crippen molar-refractivity contribution in [3.8, 4) is 0 Å². The van der Waals surface area contributed by atoms with Gasteiger partial charge in [0.15, 0.2) is 0 Å². The van der Waals surface area contributed by atoms with Crippen molar-refractivity contribution < 1.29 is 4.79 Å². The first kappa shape index (κ1) is 11.9. The number of carbonyl (C=O) groups is 1. The van der Waals surface area contributed by atoms with Crippen molar-refractivity contribution in [2.75, 3.05) is 16.4 Å². The molecule has 18 heavy (non-hydrogen) atoms. The number of aromatic nitrogens is 1. The highest BCUT2D eigenvalue weighted by molar-refractivity contribution is 5.88. The van der Waals surface area contributed by atoms with Gasteiger partial charge in [-0.25, -0.2) is 4.98 Å². The van der Waals surface area contributed by atoms with Crippen LogP contribution in [0.3, 0.4) is 0 Å². The molecule has 0 atom stereocenters. The van der Waals surface area contributed by atoms with E-state index in [9.17, 15) is 4.79 Å². The van der Waals surface area contributed by atoms with E-state index in [0.29, 0.717) is 11.5 Å². The summed E-state index contributed by atoms with van der Waals surface area (Å²) in [6.07, 6.45) is 1.64. The summed E-state index contributed by atoms with van der Waals surface area (Å²) in [4.78, 5) is 15.0. The van der Waals surface area contributed by atoms with Gasteiger partial charge in [0, 0.05) is 36.2 Å². The van der Waals surface area contributed by atoms with E-state index in [1.807, 2.05) is 24.3 Å². The fraction of sp³-hybridized carbons (Fsp3) is 0.0769. The highest BCUT2D eigenvalue weighted by Gasteiger charge is 1.98. The molecule has 5 heteroatoms. The second-order valence-corrected chi connectivity index (χ2v) is 3.86. The summed E-state index contributed by atoms with van der Waals surface area (Å²) < 4.78 is 0. The van der Waals surface area contributed by atoms with E-state index in [1.165, 1.54) is 6.92 Å². The first-order valence-corrected chi connectivity index (χ1v) is 5.50. The number of hydrogen-bond acceptors (Lipinski definition) is 4. The van der Waals surface area contributed by atoms with Gasteiger partial charge in [-0.15, -0.1) is 0 Å². The molecule has 1 amide bonds. The van der Waals surface area contributed by atoms with Gasteiger partial charge in [-0.1, -0.05) is 0 Å². The Morgan fingerprint density at radius 2 is 1.83 bits per heavy atom. The Kier molecular flexibility index (Phi) is 3.43. The van der Waals surface area contributed by atoms with E-state index in [2.05, 4.69) is 15.6 Å². The summed E-state index contributed by atoms with van der Waals surface area (Å²) in [7, 11) is 0. The molecule has 0 unspecified atom stereocenters. The second-order valence-electron chi connectivity index (χ2n) is 3.86. The fourth-order valence-corrected chi connectivity index (χ4v) is 1.50. The van der Waals surface area contributed by atoms with Crippen LogP contribution in [0.15, 0.2) is 42.6 Å². The van der Waals surface area contributed by atoms with Crippen molar-refractivity contribution in [1.29, 1.82) is 0 Å². The monoisotopic (exact) mass is 242 g/mol. The molecule has 0 fully saturated rings. The SMILES string of the molecule is CC(=O)Nc1ccc(Nc2cc(N)ccn2)cc1. The van der Waals surface area contributed by atoms with Crippen LogP contribution in [0.5, 0.6) is 0 Å². The minimum absolute atomic E-state index is 0.0896. The maximum atomic E-state index is 10.9. The van der Waals surface area contributed by atoms with Crippen LogP contribution in [-0.2, 0) is 4.79 Å². The average molecular weight is 242 g/mol. The smallest absolute Gasteiger partial charge is 0.221 e. The summed E-state index contributed by atoms with van der Waals surface area (Å²) >= 11 is 0. The third-order valence-corrected chi connectivity index (χ3v) is 2.26. The summed E-state index contributed by atoms with van der Waals surface area (Å²) in [5.41, 5.74) is 7.95. The molecule has 2 aromatic rings. The molecule has 0 saturated heterocycles. The van der Waals surface area contributed by atoms with E-state index < -0.39 is 0 Å². The van der Waals surface area contributed by atoms with Gasteiger partial charge < -0.3 is 16.4 Å². The summed E-state index contributed by atoms with van der Waals surface area (Å²) in [6, 6.07) is 10.8. The number of rotatable bonds is 3. The molecule has 0 aliphatic rings. The van der Waals surface area contributed by atoms with Crippen LogP contribution in [0, 0.1) is 0 Å². The lowest BCUT2D eigenvalue weighted by Gasteiger charge is -2.07. The van der Waals surface area contributed by atoms with E-state index in [1.54, 1.807) is 18.3 Å². The topological polar surface area (TPSA) is 80.0 Å². The zero-order chi connectivity index (χ0) is 13.0. The van der Waals surface area contributed by atoms with Crippen LogP contribution in [-0.4, -0.2) is 10.9 Å². The molecule has 0 spiro atoms. The highest BCUT2D eigenvalue weighted by Crippen LogP contribution is 2.18. The standard InChI is InChI=1S/C13H14N4O/c1-9(18)16-11-2-4-12(5-3-11)17-13-8-10(14)6-7-15-13/h2-8H,1H3,(H,16,18)(H3,14,15,17). The normalized spacial score (nSPS) is 9.83. The zero-order valence-electron chi connectivity index (χ0n) is 9.97. The van der Waals surface area contributed by atoms with Gasteiger partial charge >= 0.3 is 0 Å². The van der Waals surface area contributed by atoms with Crippen LogP contribution >= 0.6 is 0 Å². The van der Waals surface area contributed by atoms with Crippen molar-refractivity contribution in [3.63, 3.8) is 0 Å². The Hall–Kier alpha value is -2.56. The molecule has 0 saturated carbocycles. The highest BCUT2D eigenvalue weighted by atomic mass is 16.1. The quantitative estimate of drug-likeness (QED) is 0.772. The molecule has 1 aromatic carbocycles. The minimum Gasteiger partial charge on any atom is -0.399 e. The molecule has 1 heterocycles. The molecular weight excluding hydrogens is 228 g/mol. The van der Waals surface area contributed by atoms with E-state index in [4.69, 9.17) is 5.73 Å². The number of anilines is 4. The number of nitrogens with zero attached hydrogens (tertiary/aromatic N) is 1. The molecule has 0 aliphatic heterocycles. The Bertz CT molecular complexity index is 551. The van der Waals surface area contributed by atoms with E-state index >= 15 is 0 Å². The fourth-order valence-electron chi connectivity index (χ4n) is 1.50. The Morgan fingerprint density at radius 1 is 1.17 bits per heavy atom. The lowest BCUT2D eigenvalue weighted by atomic mass is 10.2. The van der Waals surface area contributed by atoms with Crippen LogP contribution in [0.2, 0.25) is 0 Å². The molecule has 0 aliphatic carbocycles. The summed E-state index contributed by atoms with van der Waals surface area (Å²) in [6.45, 7) is 1.48. The molecule has 2 rings (SSSR count). The molecule has 1 aromatic heterocycles. The van der Waals surface area contributed by atoms with E-state index in [0.717, 1.165) is 11.4 Å². The van der Waals surface area contributed by atoms with Gasteiger partial charge in [0.2, 0.25) is 5.91 Å². The summed E-state index contributed by atoms with van der Waals surface area (Å²) in [5, 5.41) is 5.82. The van der Waals surface area contributed by atoms with Crippen molar-refractivity contribution in [1.82, 2.24) is 4.98 Å². The third kappa shape index (κ3) is 3.21. The van der Waals surface area contributed by atoms with Crippen LogP contribution in [0.4, 0.5) is 22.9 Å². The molecular formula is C13H14N4O. The maximum absolute atomic E-state index is 10.9. The van der Waals surface area contributed by atoms with Crippen molar-refractivity contribution in [2.24, 2.45) is 0 Å². The summed E-state index contributed by atoms with van der Waals surface area (Å²) in [5.74, 6) is 0.593. The molecule has 92 valence electrons. The van der Waals surface area contributed by atoms with Crippen LogP contribution < -0.4 is 16.4 Å². The van der Waals surface area contributed by atoms with Gasteiger partial charge in [-0.05, 0) is 30.3 Å². The lowest BCUT2D eigenvalue weighted by Crippen LogP contribution is -2.05. The van der Waals surface area contributed by atoms with Crippen molar-refractivity contribution in [2.45, 2.75) is 6.92 Å².